The highest BCUT2D eigenvalue weighted by Gasteiger charge is 2.33. The quantitative estimate of drug-likeness (QED) is 0.765. The van der Waals surface area contributed by atoms with Crippen LogP contribution in [0.15, 0.2) is 12.3 Å². The molecule has 0 bridgehead atoms. The minimum absolute atomic E-state index is 0.00959. The molecule has 0 atom stereocenters. The number of morpholine rings is 1. The maximum absolute atomic E-state index is 11.9. The molecular weight excluding hydrogens is 244 g/mol. The van der Waals surface area contributed by atoms with Crippen LogP contribution in [0.5, 0.6) is 0 Å². The average Bonchev–Trinajstić information content (AvgIpc) is 2.44. The summed E-state index contributed by atoms with van der Waals surface area (Å²) in [5, 5.41) is 0. The highest BCUT2D eigenvalue weighted by atomic mass is 16.5. The number of ether oxygens (including phenoxy) is 2. The molecule has 1 fully saturated rings. The van der Waals surface area contributed by atoms with Crippen LogP contribution in [0, 0.1) is 0 Å². The van der Waals surface area contributed by atoms with Crippen molar-refractivity contribution < 1.29 is 14.3 Å². The van der Waals surface area contributed by atoms with Crippen LogP contribution < -0.4 is 4.90 Å². The third kappa shape index (κ3) is 2.24. The van der Waals surface area contributed by atoms with E-state index in [4.69, 9.17) is 9.47 Å². The van der Waals surface area contributed by atoms with E-state index in [1.807, 2.05) is 19.9 Å². The third-order valence-electron chi connectivity index (χ3n) is 3.74. The Hall–Kier alpha value is -1.46. The zero-order valence-electron chi connectivity index (χ0n) is 11.3. The van der Waals surface area contributed by atoms with Gasteiger partial charge in [-0.05, 0) is 25.5 Å². The van der Waals surface area contributed by atoms with Crippen LogP contribution in [0.25, 0.3) is 0 Å². The molecule has 1 saturated heterocycles. The number of pyridine rings is 1. The Morgan fingerprint density at radius 3 is 2.79 bits per heavy atom. The molecule has 2 aliphatic heterocycles. The van der Waals surface area contributed by atoms with E-state index in [9.17, 15) is 4.79 Å². The normalized spacial score (nSPS) is 22.2. The molecule has 0 unspecified atom stereocenters. The summed E-state index contributed by atoms with van der Waals surface area (Å²) in [4.78, 5) is 18.5. The molecule has 0 radical (unpaired) electrons. The van der Waals surface area contributed by atoms with E-state index in [1.54, 1.807) is 6.20 Å². The lowest BCUT2D eigenvalue weighted by Crippen LogP contribution is -2.38. The smallest absolute Gasteiger partial charge is 0.190 e. The summed E-state index contributed by atoms with van der Waals surface area (Å²) in [5.74, 6) is 0.906. The Morgan fingerprint density at radius 1 is 1.32 bits per heavy atom. The molecule has 3 rings (SSSR count). The van der Waals surface area contributed by atoms with E-state index in [0.29, 0.717) is 5.56 Å². The fourth-order valence-electron chi connectivity index (χ4n) is 2.53. The van der Waals surface area contributed by atoms with Crippen LogP contribution in [0.2, 0.25) is 0 Å². The minimum Gasteiger partial charge on any atom is -0.378 e. The van der Waals surface area contributed by atoms with Crippen molar-refractivity contribution >= 4 is 11.6 Å². The maximum Gasteiger partial charge on any atom is 0.190 e. The standard InChI is InChI=1S/C14H18N2O3/c1-14(2)11-7-13(16-3-5-18-6-4-16)15-8-10(11)12(17)9-19-14/h7-8H,3-6,9H2,1-2H3. The van der Waals surface area contributed by atoms with Crippen LogP contribution in [-0.4, -0.2) is 43.7 Å². The molecule has 0 amide bonds. The molecule has 0 aliphatic carbocycles. The second kappa shape index (κ2) is 4.58. The van der Waals surface area contributed by atoms with Crippen molar-refractivity contribution in [1.82, 2.24) is 4.98 Å². The molecule has 1 aromatic heterocycles. The van der Waals surface area contributed by atoms with Crippen LogP contribution in [0.4, 0.5) is 5.82 Å². The van der Waals surface area contributed by atoms with Gasteiger partial charge in [-0.2, -0.15) is 0 Å². The summed E-state index contributed by atoms with van der Waals surface area (Å²) in [7, 11) is 0. The monoisotopic (exact) mass is 262 g/mol. The van der Waals surface area contributed by atoms with E-state index in [2.05, 4.69) is 9.88 Å². The van der Waals surface area contributed by atoms with Crippen LogP contribution in [0.3, 0.4) is 0 Å². The summed E-state index contributed by atoms with van der Waals surface area (Å²) >= 11 is 0. The lowest BCUT2D eigenvalue weighted by molar-refractivity contribution is -0.0220. The number of nitrogens with zero attached hydrogens (tertiary/aromatic N) is 2. The lowest BCUT2D eigenvalue weighted by atomic mass is 9.90. The SMILES string of the molecule is CC1(C)OCC(=O)c2cnc(N3CCOCC3)cc21. The van der Waals surface area contributed by atoms with Crippen LogP contribution in [-0.2, 0) is 15.1 Å². The van der Waals surface area contributed by atoms with Gasteiger partial charge in [0.2, 0.25) is 0 Å². The number of ketones is 1. The first-order valence-electron chi connectivity index (χ1n) is 6.58. The largest absolute Gasteiger partial charge is 0.378 e. The second-order valence-electron chi connectivity index (χ2n) is 5.41. The fraction of sp³-hybridized carbons (Fsp3) is 0.571. The summed E-state index contributed by atoms with van der Waals surface area (Å²) in [5.41, 5.74) is 1.18. The number of aromatic nitrogens is 1. The van der Waals surface area contributed by atoms with Crippen molar-refractivity contribution in [3.05, 3.63) is 23.4 Å². The van der Waals surface area contributed by atoms with Gasteiger partial charge in [0.25, 0.3) is 0 Å². The van der Waals surface area contributed by atoms with Crippen molar-refractivity contribution in [3.63, 3.8) is 0 Å². The molecule has 0 saturated carbocycles. The second-order valence-corrected chi connectivity index (χ2v) is 5.41. The average molecular weight is 262 g/mol. The molecule has 1 aromatic rings. The van der Waals surface area contributed by atoms with E-state index in [0.717, 1.165) is 37.7 Å². The number of rotatable bonds is 1. The van der Waals surface area contributed by atoms with E-state index >= 15 is 0 Å². The summed E-state index contributed by atoms with van der Waals surface area (Å²) < 4.78 is 11.0. The van der Waals surface area contributed by atoms with Crippen LogP contribution >= 0.6 is 0 Å². The van der Waals surface area contributed by atoms with Crippen molar-refractivity contribution in [2.24, 2.45) is 0 Å². The fourth-order valence-corrected chi connectivity index (χ4v) is 2.53. The molecule has 0 N–H and O–H groups in total. The Balaban J connectivity index is 1.99. The van der Waals surface area contributed by atoms with E-state index in [-0.39, 0.29) is 12.4 Å². The molecule has 5 nitrogen and oxygen atoms in total. The van der Waals surface area contributed by atoms with Crippen molar-refractivity contribution in [3.8, 4) is 0 Å². The van der Waals surface area contributed by atoms with Gasteiger partial charge in [0.15, 0.2) is 5.78 Å². The molecule has 3 heterocycles. The van der Waals surface area contributed by atoms with Gasteiger partial charge >= 0.3 is 0 Å². The number of carbonyl (C=O) groups is 1. The van der Waals surface area contributed by atoms with Crippen molar-refractivity contribution in [1.29, 1.82) is 0 Å². The first-order valence-corrected chi connectivity index (χ1v) is 6.58. The first kappa shape index (κ1) is 12.6. The molecule has 0 spiro atoms. The van der Waals surface area contributed by atoms with Gasteiger partial charge in [-0.25, -0.2) is 4.98 Å². The van der Waals surface area contributed by atoms with Gasteiger partial charge in [-0.3, -0.25) is 4.79 Å². The number of hydrogen-bond donors (Lipinski definition) is 0. The predicted molar refractivity (Wildman–Crippen MR) is 70.6 cm³/mol. The number of anilines is 1. The molecule has 2 aliphatic rings. The van der Waals surface area contributed by atoms with Gasteiger partial charge < -0.3 is 14.4 Å². The topological polar surface area (TPSA) is 51.7 Å². The van der Waals surface area contributed by atoms with E-state index < -0.39 is 5.60 Å². The number of fused-ring (bicyclic) bond motifs is 1. The van der Waals surface area contributed by atoms with Gasteiger partial charge in [0.1, 0.15) is 12.4 Å². The van der Waals surface area contributed by atoms with Gasteiger partial charge in [0.05, 0.1) is 18.8 Å². The Labute approximate surface area is 112 Å². The molecule has 102 valence electrons. The first-order chi connectivity index (χ1) is 9.08. The zero-order chi connectivity index (χ0) is 13.5. The predicted octanol–water partition coefficient (Wildman–Crippen LogP) is 1.37. The molecule has 5 heteroatoms. The summed E-state index contributed by atoms with van der Waals surface area (Å²) in [6.45, 7) is 7.22. The lowest BCUT2D eigenvalue weighted by Gasteiger charge is -2.34. The van der Waals surface area contributed by atoms with Gasteiger partial charge in [-0.1, -0.05) is 0 Å². The van der Waals surface area contributed by atoms with Gasteiger partial charge in [-0.15, -0.1) is 0 Å². The maximum atomic E-state index is 11.9. The Kier molecular flexibility index (Phi) is 3.03. The molecule has 19 heavy (non-hydrogen) atoms. The highest BCUT2D eigenvalue weighted by Crippen LogP contribution is 2.34. The number of Topliss-reactive ketones (excluding diaryl/α,β-unsaturated/α-hetero) is 1. The summed E-state index contributed by atoms with van der Waals surface area (Å²) in [6.07, 6.45) is 1.69. The summed E-state index contributed by atoms with van der Waals surface area (Å²) in [6, 6.07) is 1.98. The van der Waals surface area contributed by atoms with Crippen molar-refractivity contribution in [2.75, 3.05) is 37.8 Å². The van der Waals surface area contributed by atoms with Crippen molar-refractivity contribution in [2.45, 2.75) is 19.4 Å². The minimum atomic E-state index is -0.437. The van der Waals surface area contributed by atoms with Gasteiger partial charge in [0, 0.05) is 24.8 Å². The Bertz CT molecular complexity index is 507. The molecular formula is C14H18N2O3. The highest BCUT2D eigenvalue weighted by molar-refractivity contribution is 5.99. The molecule has 0 aromatic carbocycles. The number of hydrogen-bond acceptors (Lipinski definition) is 5. The number of carbonyl (C=O) groups excluding carboxylic acids is 1. The van der Waals surface area contributed by atoms with E-state index in [1.165, 1.54) is 0 Å². The van der Waals surface area contributed by atoms with Crippen LogP contribution in [0.1, 0.15) is 29.8 Å². The Morgan fingerprint density at radius 2 is 2.05 bits per heavy atom. The third-order valence-corrected chi connectivity index (χ3v) is 3.74. The zero-order valence-corrected chi connectivity index (χ0v) is 11.3.